The lowest BCUT2D eigenvalue weighted by Gasteiger charge is -2.06. The van der Waals surface area contributed by atoms with Gasteiger partial charge in [-0.2, -0.15) is 5.10 Å². The van der Waals surface area contributed by atoms with E-state index in [-0.39, 0.29) is 0 Å². The Morgan fingerprint density at radius 2 is 1.52 bits per heavy atom. The number of hydrazone groups is 1. The van der Waals surface area contributed by atoms with Gasteiger partial charge < -0.3 is 0 Å². The van der Waals surface area contributed by atoms with Crippen LogP contribution in [0, 0.1) is 0 Å². The average Bonchev–Trinajstić information content (AvgIpc) is 2.77. The summed E-state index contributed by atoms with van der Waals surface area (Å²) in [4.78, 5) is 0. The molecule has 1 aliphatic heterocycles. The van der Waals surface area contributed by atoms with Crippen LogP contribution in [-0.4, -0.2) is 5.71 Å². The fourth-order valence-corrected chi connectivity index (χ4v) is 2.67. The van der Waals surface area contributed by atoms with Crippen molar-refractivity contribution in [1.29, 1.82) is 0 Å². The van der Waals surface area contributed by atoms with E-state index < -0.39 is 0 Å². The van der Waals surface area contributed by atoms with E-state index in [1.165, 1.54) is 10.8 Å². The largest absolute Gasteiger partial charge is 0.277 e. The molecule has 1 heterocycles. The highest BCUT2D eigenvalue weighted by atomic mass is 15.3. The van der Waals surface area contributed by atoms with Crippen LogP contribution in [-0.2, 0) is 0 Å². The smallest absolute Gasteiger partial charge is 0.0912 e. The predicted molar refractivity (Wildman–Crippen MR) is 89.6 cm³/mol. The molecule has 3 aromatic rings. The van der Waals surface area contributed by atoms with Gasteiger partial charge in [0.2, 0.25) is 0 Å². The molecule has 2 heteroatoms. The van der Waals surface area contributed by atoms with E-state index in [1.54, 1.807) is 0 Å². The molecular formula is C19H14N2. The molecule has 0 aromatic heterocycles. The van der Waals surface area contributed by atoms with Crippen LogP contribution >= 0.6 is 0 Å². The molecule has 0 atom stereocenters. The van der Waals surface area contributed by atoms with Crippen LogP contribution in [0.5, 0.6) is 0 Å². The molecule has 0 fully saturated rings. The van der Waals surface area contributed by atoms with E-state index in [0.29, 0.717) is 0 Å². The summed E-state index contributed by atoms with van der Waals surface area (Å²) in [5.74, 6) is 0. The maximum Gasteiger partial charge on any atom is 0.0912 e. The fraction of sp³-hybridized carbons (Fsp3) is 0. The minimum absolute atomic E-state index is 0.947. The standard InChI is InChI=1S/C19H14N2/c1-3-9-16-14(6-1)8-5-10-17(16)19-13-12-15-7-2-4-11-18(15)20-21-19/h1-13,20H. The van der Waals surface area contributed by atoms with Crippen LogP contribution in [0.3, 0.4) is 0 Å². The molecule has 0 spiro atoms. The van der Waals surface area contributed by atoms with Gasteiger partial charge in [-0.15, -0.1) is 0 Å². The molecule has 1 aliphatic rings. The summed E-state index contributed by atoms with van der Waals surface area (Å²) in [7, 11) is 0. The zero-order chi connectivity index (χ0) is 14.1. The number of allylic oxidation sites excluding steroid dienone is 1. The average molecular weight is 270 g/mol. The quantitative estimate of drug-likeness (QED) is 0.682. The highest BCUT2D eigenvalue weighted by Crippen LogP contribution is 2.23. The SMILES string of the molecule is C1=Cc2ccccc2NN=C1c1cccc2ccccc12. The second-order valence-corrected chi connectivity index (χ2v) is 5.06. The first-order valence-electron chi connectivity index (χ1n) is 7.01. The summed E-state index contributed by atoms with van der Waals surface area (Å²) in [6.45, 7) is 0. The highest BCUT2D eigenvalue weighted by Gasteiger charge is 2.08. The molecule has 0 unspecified atom stereocenters. The zero-order valence-electron chi connectivity index (χ0n) is 11.5. The van der Waals surface area contributed by atoms with E-state index >= 15 is 0 Å². The number of rotatable bonds is 1. The third kappa shape index (κ3) is 2.11. The third-order valence-corrected chi connectivity index (χ3v) is 3.74. The molecule has 0 saturated carbocycles. The van der Waals surface area contributed by atoms with Gasteiger partial charge in [0.25, 0.3) is 0 Å². The zero-order valence-corrected chi connectivity index (χ0v) is 11.5. The molecular weight excluding hydrogens is 256 g/mol. The minimum atomic E-state index is 0.947. The molecule has 0 radical (unpaired) electrons. The predicted octanol–water partition coefficient (Wildman–Crippen LogP) is 4.68. The van der Waals surface area contributed by atoms with Gasteiger partial charge >= 0.3 is 0 Å². The summed E-state index contributed by atoms with van der Waals surface area (Å²) >= 11 is 0. The summed E-state index contributed by atoms with van der Waals surface area (Å²) in [6.07, 6.45) is 4.18. The van der Waals surface area contributed by atoms with E-state index in [1.807, 2.05) is 18.2 Å². The normalized spacial score (nSPS) is 13.2. The Bertz CT molecular complexity index is 870. The molecule has 21 heavy (non-hydrogen) atoms. The number of hydrogen-bond donors (Lipinski definition) is 1. The van der Waals surface area contributed by atoms with Gasteiger partial charge in [0.15, 0.2) is 0 Å². The highest BCUT2D eigenvalue weighted by molar-refractivity contribution is 6.18. The molecule has 0 amide bonds. The lowest BCUT2D eigenvalue weighted by molar-refractivity contribution is 1.34. The topological polar surface area (TPSA) is 24.4 Å². The number of nitrogens with one attached hydrogen (secondary N) is 1. The fourth-order valence-electron chi connectivity index (χ4n) is 2.67. The van der Waals surface area contributed by atoms with Crippen molar-refractivity contribution in [1.82, 2.24) is 0 Å². The first-order valence-corrected chi connectivity index (χ1v) is 7.01. The van der Waals surface area contributed by atoms with Crippen molar-refractivity contribution >= 4 is 28.2 Å². The van der Waals surface area contributed by atoms with Crippen LogP contribution < -0.4 is 5.43 Å². The number of benzene rings is 3. The number of para-hydroxylation sites is 1. The second-order valence-electron chi connectivity index (χ2n) is 5.06. The lowest BCUT2D eigenvalue weighted by atomic mass is 10.0. The van der Waals surface area contributed by atoms with Crippen molar-refractivity contribution in [3.05, 3.63) is 83.9 Å². The van der Waals surface area contributed by atoms with Crippen molar-refractivity contribution in [3.63, 3.8) is 0 Å². The van der Waals surface area contributed by atoms with Gasteiger partial charge in [-0.05, 0) is 28.5 Å². The molecule has 0 bridgehead atoms. The van der Waals surface area contributed by atoms with Crippen LogP contribution in [0.25, 0.3) is 16.8 Å². The first-order chi connectivity index (χ1) is 10.4. The summed E-state index contributed by atoms with van der Waals surface area (Å²) in [5.41, 5.74) is 7.44. The first kappa shape index (κ1) is 11.9. The number of anilines is 1. The molecule has 0 saturated heterocycles. The maximum absolute atomic E-state index is 4.56. The second kappa shape index (κ2) is 4.91. The molecule has 0 aliphatic carbocycles. The van der Waals surface area contributed by atoms with Crippen LogP contribution in [0.15, 0.2) is 77.9 Å². The van der Waals surface area contributed by atoms with Crippen LogP contribution in [0.1, 0.15) is 11.1 Å². The van der Waals surface area contributed by atoms with Crippen LogP contribution in [0.2, 0.25) is 0 Å². The van der Waals surface area contributed by atoms with E-state index in [0.717, 1.165) is 22.5 Å². The number of nitrogens with zero attached hydrogens (tertiary/aromatic N) is 1. The Morgan fingerprint density at radius 3 is 2.52 bits per heavy atom. The Morgan fingerprint density at radius 1 is 0.714 bits per heavy atom. The van der Waals surface area contributed by atoms with Crippen molar-refractivity contribution in [2.24, 2.45) is 5.10 Å². The minimum Gasteiger partial charge on any atom is -0.277 e. The van der Waals surface area contributed by atoms with Crippen LogP contribution in [0.4, 0.5) is 5.69 Å². The molecule has 1 N–H and O–H groups in total. The summed E-state index contributed by atoms with van der Waals surface area (Å²) in [5, 5.41) is 7.01. The Hall–Kier alpha value is -2.87. The van der Waals surface area contributed by atoms with Gasteiger partial charge in [0, 0.05) is 5.56 Å². The van der Waals surface area contributed by atoms with Gasteiger partial charge in [-0.3, -0.25) is 5.43 Å². The Labute approximate surface area is 123 Å². The van der Waals surface area contributed by atoms with Gasteiger partial charge in [0.05, 0.1) is 11.4 Å². The van der Waals surface area contributed by atoms with Crippen molar-refractivity contribution in [3.8, 4) is 0 Å². The Balaban J connectivity index is 1.86. The summed E-state index contributed by atoms with van der Waals surface area (Å²) < 4.78 is 0. The van der Waals surface area contributed by atoms with Gasteiger partial charge in [-0.1, -0.05) is 66.7 Å². The van der Waals surface area contributed by atoms with E-state index in [2.05, 4.69) is 71.2 Å². The monoisotopic (exact) mass is 270 g/mol. The van der Waals surface area contributed by atoms with Crippen molar-refractivity contribution in [2.45, 2.75) is 0 Å². The van der Waals surface area contributed by atoms with E-state index in [9.17, 15) is 0 Å². The van der Waals surface area contributed by atoms with Crippen molar-refractivity contribution in [2.75, 3.05) is 5.43 Å². The molecule has 3 aromatic carbocycles. The van der Waals surface area contributed by atoms with Gasteiger partial charge in [0.1, 0.15) is 0 Å². The van der Waals surface area contributed by atoms with E-state index in [4.69, 9.17) is 0 Å². The summed E-state index contributed by atoms with van der Waals surface area (Å²) in [6, 6.07) is 22.9. The maximum atomic E-state index is 4.56. The molecule has 4 rings (SSSR count). The molecule has 100 valence electrons. The number of fused-ring (bicyclic) bond motifs is 2. The number of hydrogen-bond acceptors (Lipinski definition) is 2. The van der Waals surface area contributed by atoms with Gasteiger partial charge in [-0.25, -0.2) is 0 Å². The van der Waals surface area contributed by atoms with Crippen molar-refractivity contribution < 1.29 is 0 Å². The third-order valence-electron chi connectivity index (χ3n) is 3.74. The lowest BCUT2D eigenvalue weighted by Crippen LogP contribution is -2.00. The molecule has 2 nitrogen and oxygen atoms in total. The Kier molecular flexibility index (Phi) is 2.79.